The Bertz CT molecular complexity index is 373. The molecule has 0 aliphatic rings. The van der Waals surface area contributed by atoms with Crippen molar-refractivity contribution in [3.05, 3.63) is 12.2 Å². The van der Waals surface area contributed by atoms with Crippen LogP contribution in [0.5, 0.6) is 0 Å². The molecule has 0 rings (SSSR count). The molecule has 0 radical (unpaired) electrons. The number of rotatable bonds is 21. The molecule has 182 valence electrons. The minimum Gasteiger partial charge on any atom is -0.377 e. The van der Waals surface area contributed by atoms with Crippen molar-refractivity contribution in [2.24, 2.45) is 5.92 Å². The van der Waals surface area contributed by atoms with E-state index < -0.39 is 8.80 Å². The third-order valence-corrected chi connectivity index (χ3v) is 9.85. The van der Waals surface area contributed by atoms with Gasteiger partial charge in [-0.2, -0.15) is 0 Å². The molecule has 6 heteroatoms. The van der Waals surface area contributed by atoms with Crippen LogP contribution in [0.25, 0.3) is 0 Å². The van der Waals surface area contributed by atoms with Gasteiger partial charge in [0.1, 0.15) is 0 Å². The van der Waals surface area contributed by atoms with Gasteiger partial charge in [0, 0.05) is 32.8 Å². The Morgan fingerprint density at radius 3 is 1.70 bits per heavy atom. The van der Waals surface area contributed by atoms with Crippen molar-refractivity contribution in [2.45, 2.75) is 109 Å². The summed E-state index contributed by atoms with van der Waals surface area (Å²) >= 11 is 6.12. The average Bonchev–Trinajstić information content (AvgIpc) is 2.75. The second-order valence-corrected chi connectivity index (χ2v) is 11.7. The van der Waals surface area contributed by atoms with Crippen molar-refractivity contribution in [3.8, 4) is 0 Å². The zero-order valence-electron chi connectivity index (χ0n) is 20.7. The topological polar surface area (TPSA) is 62.7 Å². The van der Waals surface area contributed by atoms with E-state index in [0.29, 0.717) is 17.3 Å². The highest BCUT2D eigenvalue weighted by Gasteiger charge is 2.49. The summed E-state index contributed by atoms with van der Waals surface area (Å²) in [6.07, 6.45) is 22.5. The number of halogens is 1. The smallest absolute Gasteiger partial charge is 0.377 e. The quantitative estimate of drug-likeness (QED) is 0.0800. The summed E-state index contributed by atoms with van der Waals surface area (Å²) in [4.78, 5) is 0. The van der Waals surface area contributed by atoms with E-state index in [-0.39, 0.29) is 6.15 Å². The lowest BCUT2D eigenvalue weighted by molar-refractivity contribution is 0.0980. The summed E-state index contributed by atoms with van der Waals surface area (Å²) in [7, 11) is 2.54. The van der Waals surface area contributed by atoms with E-state index in [1.54, 1.807) is 21.3 Å². The predicted molar refractivity (Wildman–Crippen MR) is 135 cm³/mol. The van der Waals surface area contributed by atoms with Crippen LogP contribution in [0.3, 0.4) is 0 Å². The molecule has 0 fully saturated rings. The first-order chi connectivity index (χ1) is 14.2. The second-order valence-electron chi connectivity index (χ2n) is 8.13. The van der Waals surface area contributed by atoms with Crippen LogP contribution < -0.4 is 6.15 Å². The SMILES string of the molecule is CCCCCCCC/C=C\CCCCCC(CCCl)C(CC)[Si](OC)(OC)OC.N. The Labute approximate surface area is 194 Å². The van der Waals surface area contributed by atoms with E-state index in [9.17, 15) is 0 Å². The molecule has 0 saturated carbocycles. The summed E-state index contributed by atoms with van der Waals surface area (Å²) in [6.45, 7) is 4.48. The fourth-order valence-corrected chi connectivity index (χ4v) is 7.49. The van der Waals surface area contributed by atoms with Gasteiger partial charge in [-0.25, -0.2) is 0 Å². The van der Waals surface area contributed by atoms with Crippen molar-refractivity contribution in [3.63, 3.8) is 0 Å². The fourth-order valence-electron chi connectivity index (χ4n) is 4.39. The second kappa shape index (κ2) is 22.3. The van der Waals surface area contributed by atoms with Crippen LogP contribution in [0.1, 0.15) is 104 Å². The van der Waals surface area contributed by atoms with Crippen molar-refractivity contribution in [1.29, 1.82) is 0 Å². The van der Waals surface area contributed by atoms with Gasteiger partial charge in [-0.3, -0.25) is 0 Å². The van der Waals surface area contributed by atoms with Gasteiger partial charge in [-0.1, -0.05) is 77.4 Å². The van der Waals surface area contributed by atoms with Gasteiger partial charge in [0.2, 0.25) is 0 Å². The highest BCUT2D eigenvalue weighted by molar-refractivity contribution is 6.62. The summed E-state index contributed by atoms with van der Waals surface area (Å²) in [5.41, 5.74) is 0.318. The summed E-state index contributed by atoms with van der Waals surface area (Å²) in [5, 5.41) is 0. The van der Waals surface area contributed by atoms with E-state index in [0.717, 1.165) is 12.8 Å². The zero-order valence-corrected chi connectivity index (χ0v) is 22.5. The monoisotopic (exact) mass is 465 g/mol. The van der Waals surface area contributed by atoms with Gasteiger partial charge in [0.25, 0.3) is 0 Å². The lowest BCUT2D eigenvalue weighted by Gasteiger charge is -2.37. The molecule has 0 heterocycles. The Hall–Kier alpha value is 0.0869. The number of unbranched alkanes of at least 4 members (excludes halogenated alkanes) is 9. The molecule has 2 atom stereocenters. The maximum Gasteiger partial charge on any atom is 0.503 e. The Balaban J connectivity index is 0. The molecular formula is C24H52ClNO3Si. The largest absolute Gasteiger partial charge is 0.503 e. The Kier molecular flexibility index (Phi) is 24.0. The third-order valence-electron chi connectivity index (χ3n) is 6.13. The van der Waals surface area contributed by atoms with Crippen LogP contribution in [0, 0.1) is 5.92 Å². The van der Waals surface area contributed by atoms with Crippen molar-refractivity contribution >= 4 is 20.4 Å². The van der Waals surface area contributed by atoms with E-state index in [2.05, 4.69) is 26.0 Å². The highest BCUT2D eigenvalue weighted by atomic mass is 35.5. The van der Waals surface area contributed by atoms with Crippen molar-refractivity contribution in [2.75, 3.05) is 27.2 Å². The third kappa shape index (κ3) is 13.5. The van der Waals surface area contributed by atoms with E-state index >= 15 is 0 Å². The maximum atomic E-state index is 6.12. The first-order valence-corrected chi connectivity index (χ1v) is 14.4. The van der Waals surface area contributed by atoms with Gasteiger partial charge in [-0.05, 0) is 44.4 Å². The average molecular weight is 466 g/mol. The van der Waals surface area contributed by atoms with Gasteiger partial charge >= 0.3 is 8.80 Å². The summed E-state index contributed by atoms with van der Waals surface area (Å²) < 4.78 is 17.3. The molecule has 0 aromatic carbocycles. The molecule has 3 N–H and O–H groups in total. The normalized spacial score (nSPS) is 14.1. The molecule has 0 aliphatic heterocycles. The van der Waals surface area contributed by atoms with Gasteiger partial charge in [-0.15, -0.1) is 11.6 Å². The van der Waals surface area contributed by atoms with E-state index in [1.165, 1.54) is 77.0 Å². The van der Waals surface area contributed by atoms with Crippen LogP contribution in [0.2, 0.25) is 5.54 Å². The van der Waals surface area contributed by atoms with E-state index in [4.69, 9.17) is 24.9 Å². The molecule has 4 nitrogen and oxygen atoms in total. The summed E-state index contributed by atoms with van der Waals surface area (Å²) in [6, 6.07) is 0. The predicted octanol–water partition coefficient (Wildman–Crippen LogP) is 8.31. The van der Waals surface area contributed by atoms with Crippen LogP contribution in [-0.4, -0.2) is 36.0 Å². The number of hydrogen-bond acceptors (Lipinski definition) is 4. The van der Waals surface area contributed by atoms with Crippen LogP contribution in [-0.2, 0) is 13.3 Å². The van der Waals surface area contributed by atoms with Gasteiger partial charge < -0.3 is 19.4 Å². The number of alkyl halides is 1. The minimum atomic E-state index is -2.62. The standard InChI is InChI=1S/C24H49ClO3Si.H3N/c1-6-8-9-10-11-12-13-14-15-16-17-18-19-20-23(21-22-25)24(7-2)29(26-3,27-4)28-5;/h14-15,23-24H,6-13,16-22H2,1-5H3;1H3/b15-14-;. The van der Waals surface area contributed by atoms with Gasteiger partial charge in [0.15, 0.2) is 0 Å². The van der Waals surface area contributed by atoms with Crippen LogP contribution >= 0.6 is 11.6 Å². The summed E-state index contributed by atoms with van der Waals surface area (Å²) in [5.74, 6) is 1.19. The fraction of sp³-hybridized carbons (Fsp3) is 0.917. The number of allylic oxidation sites excluding steroid dienone is 2. The molecule has 0 saturated heterocycles. The van der Waals surface area contributed by atoms with Crippen LogP contribution in [0.4, 0.5) is 0 Å². The molecule has 0 spiro atoms. The molecule has 30 heavy (non-hydrogen) atoms. The molecule has 2 unspecified atom stereocenters. The molecule has 0 aromatic rings. The lowest BCUT2D eigenvalue weighted by atomic mass is 9.93. The molecule has 0 bridgehead atoms. The molecule has 0 aliphatic carbocycles. The Morgan fingerprint density at radius 2 is 1.23 bits per heavy atom. The molecule has 0 amide bonds. The highest BCUT2D eigenvalue weighted by Crippen LogP contribution is 2.39. The van der Waals surface area contributed by atoms with E-state index in [1.807, 2.05) is 0 Å². The van der Waals surface area contributed by atoms with Crippen molar-refractivity contribution in [1.82, 2.24) is 6.15 Å². The zero-order chi connectivity index (χ0) is 21.8. The molecular weight excluding hydrogens is 414 g/mol. The first-order valence-electron chi connectivity index (χ1n) is 12.0. The maximum absolute atomic E-state index is 6.12. The number of hydrogen-bond donors (Lipinski definition) is 1. The van der Waals surface area contributed by atoms with Crippen molar-refractivity contribution < 1.29 is 13.3 Å². The minimum absolute atomic E-state index is 0. The lowest BCUT2D eigenvalue weighted by Crippen LogP contribution is -2.50. The van der Waals surface area contributed by atoms with Gasteiger partial charge in [0.05, 0.1) is 0 Å². The Morgan fingerprint density at radius 1 is 0.733 bits per heavy atom. The van der Waals surface area contributed by atoms with Crippen LogP contribution in [0.15, 0.2) is 12.2 Å². The molecule has 0 aromatic heterocycles. The first kappa shape index (κ1) is 32.3.